The Morgan fingerprint density at radius 3 is 2.74 bits per heavy atom. The largest absolute Gasteiger partial charge is 0.368 e. The summed E-state index contributed by atoms with van der Waals surface area (Å²) in [4.78, 5) is 27.4. The number of nitrogens with zero attached hydrogens (tertiary/aromatic N) is 4. The fraction of sp³-hybridized carbons (Fsp3) is 0.238. The van der Waals surface area contributed by atoms with Gasteiger partial charge in [-0.3, -0.25) is 9.78 Å². The summed E-state index contributed by atoms with van der Waals surface area (Å²) >= 11 is 0. The Hall–Kier alpha value is -3.28. The SMILES string of the molecule is CCc1cc(NCCN2C(=O)Cc3ccccc32)nc(-c2ccncc2)n1. The zero-order chi connectivity index (χ0) is 18.6. The molecule has 0 saturated heterocycles. The molecule has 0 spiro atoms. The fourth-order valence-corrected chi connectivity index (χ4v) is 3.26. The minimum Gasteiger partial charge on any atom is -0.368 e. The number of amides is 1. The number of hydrogen-bond donors (Lipinski definition) is 1. The van der Waals surface area contributed by atoms with E-state index in [0.717, 1.165) is 34.7 Å². The molecule has 6 heteroatoms. The van der Waals surface area contributed by atoms with Crippen LogP contribution in [0.3, 0.4) is 0 Å². The molecule has 0 bridgehead atoms. The lowest BCUT2D eigenvalue weighted by atomic mass is 10.2. The van der Waals surface area contributed by atoms with E-state index in [9.17, 15) is 4.79 Å². The first-order chi connectivity index (χ1) is 13.2. The molecule has 0 saturated carbocycles. The van der Waals surface area contributed by atoms with Crippen LogP contribution in [-0.2, 0) is 17.6 Å². The van der Waals surface area contributed by atoms with Crippen molar-refractivity contribution in [3.8, 4) is 11.4 Å². The Kier molecular flexibility index (Phi) is 4.78. The predicted molar refractivity (Wildman–Crippen MR) is 106 cm³/mol. The second-order valence-corrected chi connectivity index (χ2v) is 6.44. The lowest BCUT2D eigenvalue weighted by Crippen LogP contribution is -2.31. The molecule has 0 atom stereocenters. The number of aryl methyl sites for hydroxylation is 1. The van der Waals surface area contributed by atoms with Crippen LogP contribution in [0.4, 0.5) is 11.5 Å². The van der Waals surface area contributed by atoms with Crippen LogP contribution in [0.15, 0.2) is 54.9 Å². The van der Waals surface area contributed by atoms with Crippen molar-refractivity contribution in [1.29, 1.82) is 0 Å². The second kappa shape index (κ2) is 7.53. The highest BCUT2D eigenvalue weighted by atomic mass is 16.2. The van der Waals surface area contributed by atoms with E-state index in [0.29, 0.717) is 25.3 Å². The first kappa shape index (κ1) is 17.1. The molecule has 1 N–H and O–H groups in total. The van der Waals surface area contributed by atoms with Gasteiger partial charge in [-0.05, 0) is 30.2 Å². The minimum atomic E-state index is 0.146. The van der Waals surface area contributed by atoms with Gasteiger partial charge in [-0.25, -0.2) is 9.97 Å². The smallest absolute Gasteiger partial charge is 0.231 e. The van der Waals surface area contributed by atoms with Crippen LogP contribution in [-0.4, -0.2) is 33.9 Å². The second-order valence-electron chi connectivity index (χ2n) is 6.44. The van der Waals surface area contributed by atoms with E-state index >= 15 is 0 Å². The Morgan fingerprint density at radius 2 is 1.93 bits per heavy atom. The van der Waals surface area contributed by atoms with Crippen LogP contribution in [0.25, 0.3) is 11.4 Å². The van der Waals surface area contributed by atoms with Gasteiger partial charge in [0.05, 0.1) is 6.42 Å². The number of carbonyl (C=O) groups excluding carboxylic acids is 1. The lowest BCUT2D eigenvalue weighted by molar-refractivity contribution is -0.117. The molecule has 0 aliphatic carbocycles. The average Bonchev–Trinajstić information content (AvgIpc) is 3.04. The molecule has 27 heavy (non-hydrogen) atoms. The first-order valence-electron chi connectivity index (χ1n) is 9.15. The standard InChI is InChI=1S/C21H21N5O/c1-2-17-14-19(25-21(24-17)15-7-9-22-10-8-15)23-11-12-26-18-6-4-3-5-16(18)13-20(26)27/h3-10,14H,2,11-13H2,1H3,(H,23,24,25). The van der Waals surface area contributed by atoms with E-state index < -0.39 is 0 Å². The third kappa shape index (κ3) is 3.65. The van der Waals surface area contributed by atoms with Crippen molar-refractivity contribution in [2.24, 2.45) is 0 Å². The number of fused-ring (bicyclic) bond motifs is 1. The topological polar surface area (TPSA) is 71.0 Å². The fourth-order valence-electron chi connectivity index (χ4n) is 3.26. The highest BCUT2D eigenvalue weighted by molar-refractivity contribution is 6.01. The van der Waals surface area contributed by atoms with Gasteiger partial charge in [0.1, 0.15) is 5.82 Å². The maximum absolute atomic E-state index is 12.3. The number of nitrogens with one attached hydrogen (secondary N) is 1. The maximum atomic E-state index is 12.3. The molecule has 6 nitrogen and oxygen atoms in total. The molecule has 3 heterocycles. The van der Waals surface area contributed by atoms with Crippen LogP contribution in [0.5, 0.6) is 0 Å². The number of hydrogen-bond acceptors (Lipinski definition) is 5. The average molecular weight is 359 g/mol. The van der Waals surface area contributed by atoms with Gasteiger partial charge in [0.15, 0.2) is 5.82 Å². The number of aromatic nitrogens is 3. The number of para-hydroxylation sites is 1. The van der Waals surface area contributed by atoms with Gasteiger partial charge in [0, 0.05) is 48.5 Å². The number of pyridine rings is 1. The van der Waals surface area contributed by atoms with Gasteiger partial charge in [0.2, 0.25) is 5.91 Å². The van der Waals surface area contributed by atoms with Crippen LogP contribution in [0.1, 0.15) is 18.2 Å². The summed E-state index contributed by atoms with van der Waals surface area (Å²) in [5, 5.41) is 3.35. The number of anilines is 2. The number of rotatable bonds is 6. The van der Waals surface area contributed by atoms with E-state index in [2.05, 4.69) is 27.2 Å². The Bertz CT molecular complexity index is 958. The van der Waals surface area contributed by atoms with Crippen molar-refractivity contribution in [2.45, 2.75) is 19.8 Å². The van der Waals surface area contributed by atoms with Crippen LogP contribution in [0, 0.1) is 0 Å². The van der Waals surface area contributed by atoms with E-state index in [1.165, 1.54) is 0 Å². The van der Waals surface area contributed by atoms with Crippen molar-refractivity contribution in [3.63, 3.8) is 0 Å². The number of carbonyl (C=O) groups is 1. The third-order valence-corrected chi connectivity index (χ3v) is 4.65. The van der Waals surface area contributed by atoms with E-state index in [1.54, 1.807) is 12.4 Å². The van der Waals surface area contributed by atoms with E-state index in [-0.39, 0.29) is 5.91 Å². The van der Waals surface area contributed by atoms with Gasteiger partial charge >= 0.3 is 0 Å². The molecule has 3 aromatic rings. The Balaban J connectivity index is 1.48. The summed E-state index contributed by atoms with van der Waals surface area (Å²) < 4.78 is 0. The van der Waals surface area contributed by atoms with Crippen molar-refractivity contribution in [2.75, 3.05) is 23.3 Å². The lowest BCUT2D eigenvalue weighted by Gasteiger charge is -2.18. The molecule has 0 unspecified atom stereocenters. The molecule has 0 radical (unpaired) electrons. The summed E-state index contributed by atoms with van der Waals surface area (Å²) in [6.07, 6.45) is 4.78. The van der Waals surface area contributed by atoms with E-state index in [4.69, 9.17) is 0 Å². The molecule has 4 rings (SSSR count). The van der Waals surface area contributed by atoms with E-state index in [1.807, 2.05) is 47.4 Å². The first-order valence-corrected chi connectivity index (χ1v) is 9.15. The molecule has 1 amide bonds. The highest BCUT2D eigenvalue weighted by Gasteiger charge is 2.26. The molecule has 136 valence electrons. The Labute approximate surface area is 158 Å². The zero-order valence-electron chi connectivity index (χ0n) is 15.2. The third-order valence-electron chi connectivity index (χ3n) is 4.65. The van der Waals surface area contributed by atoms with Crippen molar-refractivity contribution in [3.05, 3.63) is 66.1 Å². The molecule has 1 aliphatic heterocycles. The summed E-state index contributed by atoms with van der Waals surface area (Å²) in [7, 11) is 0. The van der Waals surface area contributed by atoms with Crippen molar-refractivity contribution < 1.29 is 4.79 Å². The summed E-state index contributed by atoms with van der Waals surface area (Å²) in [5.41, 5.74) is 4.02. The normalized spacial score (nSPS) is 12.9. The summed E-state index contributed by atoms with van der Waals surface area (Å²) in [6, 6.07) is 13.7. The van der Waals surface area contributed by atoms with Crippen molar-refractivity contribution in [1.82, 2.24) is 15.0 Å². The quantitative estimate of drug-likeness (QED) is 0.732. The van der Waals surface area contributed by atoms with Gasteiger partial charge < -0.3 is 10.2 Å². The highest BCUT2D eigenvalue weighted by Crippen LogP contribution is 2.28. The van der Waals surface area contributed by atoms with Crippen LogP contribution in [0.2, 0.25) is 0 Å². The maximum Gasteiger partial charge on any atom is 0.231 e. The van der Waals surface area contributed by atoms with Gasteiger partial charge in [-0.2, -0.15) is 0 Å². The molecule has 1 aliphatic rings. The van der Waals surface area contributed by atoms with Gasteiger partial charge in [-0.15, -0.1) is 0 Å². The van der Waals surface area contributed by atoms with Crippen molar-refractivity contribution >= 4 is 17.4 Å². The molecule has 1 aromatic carbocycles. The zero-order valence-corrected chi connectivity index (χ0v) is 15.2. The predicted octanol–water partition coefficient (Wildman–Crippen LogP) is 3.10. The minimum absolute atomic E-state index is 0.146. The number of benzene rings is 1. The summed E-state index contributed by atoms with van der Waals surface area (Å²) in [6.45, 7) is 3.30. The monoisotopic (exact) mass is 359 g/mol. The molecule has 2 aromatic heterocycles. The Morgan fingerprint density at radius 1 is 1.11 bits per heavy atom. The molecule has 0 fully saturated rings. The van der Waals surface area contributed by atoms with Gasteiger partial charge in [-0.1, -0.05) is 25.1 Å². The van der Waals surface area contributed by atoms with Gasteiger partial charge in [0.25, 0.3) is 0 Å². The molecular formula is C21H21N5O. The molecular weight excluding hydrogens is 338 g/mol. The van der Waals surface area contributed by atoms with Crippen LogP contribution < -0.4 is 10.2 Å². The summed E-state index contributed by atoms with van der Waals surface area (Å²) in [5.74, 6) is 1.60. The van der Waals surface area contributed by atoms with Crippen LogP contribution >= 0.6 is 0 Å².